The Balaban J connectivity index is 1.53. The van der Waals surface area contributed by atoms with Crippen LogP contribution in [0.5, 0.6) is 11.5 Å². The number of H-pyrrole nitrogens is 1. The number of hydrogen-bond donors (Lipinski definition) is 3. The maximum Gasteiger partial charge on any atom is 0.247 e. The minimum absolute atomic E-state index is 0.195. The van der Waals surface area contributed by atoms with Gasteiger partial charge in [0.2, 0.25) is 5.91 Å². The molecule has 0 saturated carbocycles. The number of imidazole rings is 1. The quantitative estimate of drug-likeness (QED) is 0.293. The number of aromatic nitrogens is 2. The molecule has 1 aromatic heterocycles. The summed E-state index contributed by atoms with van der Waals surface area (Å²) in [6.45, 7) is 0.847. The van der Waals surface area contributed by atoms with Gasteiger partial charge in [0, 0.05) is 30.5 Å². The van der Waals surface area contributed by atoms with Crippen LogP contribution in [0.3, 0.4) is 0 Å². The summed E-state index contributed by atoms with van der Waals surface area (Å²) in [5, 5.41) is 15.4. The van der Waals surface area contributed by atoms with Gasteiger partial charge < -0.3 is 25.1 Å². The lowest BCUT2D eigenvalue weighted by molar-refractivity contribution is -0.121. The monoisotopic (exact) mass is 481 g/mol. The predicted octanol–water partition coefficient (Wildman–Crippen LogP) is 4.38. The average Bonchev–Trinajstić information content (AvgIpc) is 3.45. The number of aromatic amines is 1. The fourth-order valence-corrected chi connectivity index (χ4v) is 3.67. The molecule has 1 unspecified atom stereocenters. The molecular formula is C28H27N5O3. The summed E-state index contributed by atoms with van der Waals surface area (Å²) in [5.41, 5.74) is 3.95. The normalized spacial score (nSPS) is 11.2. The minimum Gasteiger partial charge on any atom is -0.493 e. The lowest BCUT2D eigenvalue weighted by Crippen LogP contribution is -2.34. The van der Waals surface area contributed by atoms with Crippen molar-refractivity contribution in [2.75, 3.05) is 19.0 Å². The zero-order valence-electron chi connectivity index (χ0n) is 19.9. The van der Waals surface area contributed by atoms with Crippen LogP contribution in [-0.4, -0.2) is 29.5 Å². The van der Waals surface area contributed by atoms with E-state index in [4.69, 9.17) is 14.7 Å². The number of hydrogen-bond acceptors (Lipinski definition) is 6. The summed E-state index contributed by atoms with van der Waals surface area (Å²) < 4.78 is 11.6. The summed E-state index contributed by atoms with van der Waals surface area (Å²) in [6, 6.07) is 23.7. The zero-order valence-corrected chi connectivity index (χ0v) is 19.9. The first-order chi connectivity index (χ1) is 17.7. The van der Waals surface area contributed by atoms with Gasteiger partial charge in [-0.1, -0.05) is 36.4 Å². The highest BCUT2D eigenvalue weighted by atomic mass is 16.5. The van der Waals surface area contributed by atoms with Crippen molar-refractivity contribution in [1.82, 2.24) is 15.3 Å². The Morgan fingerprint density at radius 1 is 1.08 bits per heavy atom. The molecule has 0 bridgehead atoms. The highest BCUT2D eigenvalue weighted by molar-refractivity contribution is 5.86. The Labute approximate surface area is 209 Å². The van der Waals surface area contributed by atoms with Crippen LogP contribution >= 0.6 is 0 Å². The zero-order chi connectivity index (χ0) is 25.2. The molecule has 4 aromatic rings. The number of rotatable bonds is 11. The molecule has 0 aliphatic carbocycles. The lowest BCUT2D eigenvalue weighted by atomic mass is 10.0. The van der Waals surface area contributed by atoms with Crippen LogP contribution in [0.4, 0.5) is 5.69 Å². The molecule has 0 spiro atoms. The van der Waals surface area contributed by atoms with Crippen molar-refractivity contribution in [3.8, 4) is 17.6 Å². The molecular weight excluding hydrogens is 454 g/mol. The van der Waals surface area contributed by atoms with Gasteiger partial charge in [-0.3, -0.25) is 4.79 Å². The Morgan fingerprint density at radius 3 is 2.58 bits per heavy atom. The van der Waals surface area contributed by atoms with Crippen molar-refractivity contribution >= 4 is 11.6 Å². The highest BCUT2D eigenvalue weighted by Crippen LogP contribution is 2.32. The molecule has 182 valence electrons. The number of benzene rings is 3. The van der Waals surface area contributed by atoms with Gasteiger partial charge in [0.1, 0.15) is 12.6 Å². The van der Waals surface area contributed by atoms with Crippen LogP contribution in [0.15, 0.2) is 85.3 Å². The molecule has 3 aromatic carbocycles. The molecule has 4 rings (SSSR count). The van der Waals surface area contributed by atoms with Crippen LogP contribution in [0, 0.1) is 11.3 Å². The third-order valence-electron chi connectivity index (χ3n) is 5.59. The lowest BCUT2D eigenvalue weighted by Gasteiger charge is -2.21. The Morgan fingerprint density at radius 2 is 1.89 bits per heavy atom. The molecule has 0 aliphatic heterocycles. The second-order valence-electron chi connectivity index (χ2n) is 8.07. The van der Waals surface area contributed by atoms with E-state index in [2.05, 4.69) is 26.7 Å². The first kappa shape index (κ1) is 24.4. The second-order valence-corrected chi connectivity index (χ2v) is 8.07. The molecule has 36 heavy (non-hydrogen) atoms. The highest BCUT2D eigenvalue weighted by Gasteiger charge is 2.22. The van der Waals surface area contributed by atoms with E-state index in [0.717, 1.165) is 11.3 Å². The second kappa shape index (κ2) is 12.1. The van der Waals surface area contributed by atoms with Crippen molar-refractivity contribution in [1.29, 1.82) is 5.26 Å². The van der Waals surface area contributed by atoms with E-state index in [9.17, 15) is 4.79 Å². The number of carbonyl (C=O) groups excluding carboxylic acids is 1. The van der Waals surface area contributed by atoms with Crippen molar-refractivity contribution in [2.45, 2.75) is 19.1 Å². The average molecular weight is 482 g/mol. The van der Waals surface area contributed by atoms with E-state index in [-0.39, 0.29) is 5.91 Å². The van der Waals surface area contributed by atoms with E-state index < -0.39 is 6.04 Å². The molecule has 3 N–H and O–H groups in total. The van der Waals surface area contributed by atoms with Crippen molar-refractivity contribution in [3.05, 3.63) is 108 Å². The Kier molecular flexibility index (Phi) is 8.18. The van der Waals surface area contributed by atoms with Gasteiger partial charge in [-0.2, -0.15) is 5.26 Å². The number of nitrogens with zero attached hydrogens (tertiary/aromatic N) is 2. The fourth-order valence-electron chi connectivity index (χ4n) is 3.67. The molecule has 1 atom stereocenters. The molecule has 0 aliphatic rings. The van der Waals surface area contributed by atoms with E-state index in [1.54, 1.807) is 50.0 Å². The van der Waals surface area contributed by atoms with E-state index in [1.165, 1.54) is 0 Å². The molecule has 0 saturated heterocycles. The molecule has 1 amide bonds. The van der Waals surface area contributed by atoms with Crippen LogP contribution < -0.4 is 20.1 Å². The first-order valence-corrected chi connectivity index (χ1v) is 11.5. The predicted molar refractivity (Wildman–Crippen MR) is 137 cm³/mol. The summed E-state index contributed by atoms with van der Waals surface area (Å²) in [4.78, 5) is 20.3. The summed E-state index contributed by atoms with van der Waals surface area (Å²) in [6.07, 6.45) is 3.97. The Bertz CT molecular complexity index is 1300. The van der Waals surface area contributed by atoms with Crippen LogP contribution in [-0.2, 0) is 17.8 Å². The maximum absolute atomic E-state index is 13.3. The SMILES string of the molecule is COc1cc(C(Nc2ccc(C#N)cc2)C(=O)NCCc2cnc[nH]2)ccc1OCc1ccccc1. The fraction of sp³-hybridized carbons (Fsp3) is 0.179. The van der Waals surface area contributed by atoms with Crippen LogP contribution in [0.1, 0.15) is 28.4 Å². The molecule has 0 radical (unpaired) electrons. The standard InChI is InChI=1S/C28H27N5O3/c1-35-26-15-22(9-12-25(26)36-18-21-5-3-2-4-6-21)27(33-23-10-7-20(16-29)8-11-23)28(34)31-14-13-24-17-30-19-32-24/h2-12,15,17,19,27,33H,13-14,18H2,1H3,(H,30,32)(H,31,34). The van der Waals surface area contributed by atoms with E-state index in [0.29, 0.717) is 47.9 Å². The summed E-state index contributed by atoms with van der Waals surface area (Å²) >= 11 is 0. The van der Waals surface area contributed by atoms with Gasteiger partial charge in [-0.25, -0.2) is 4.98 Å². The maximum atomic E-state index is 13.3. The first-order valence-electron chi connectivity index (χ1n) is 11.5. The van der Waals surface area contributed by atoms with Crippen molar-refractivity contribution in [3.63, 3.8) is 0 Å². The number of methoxy groups -OCH3 is 1. The van der Waals surface area contributed by atoms with Gasteiger partial charge in [0.25, 0.3) is 0 Å². The summed E-state index contributed by atoms with van der Waals surface area (Å²) in [5.74, 6) is 0.918. The Hall–Kier alpha value is -4.77. The van der Waals surface area contributed by atoms with Gasteiger partial charge in [0.15, 0.2) is 11.5 Å². The molecule has 1 heterocycles. The largest absolute Gasteiger partial charge is 0.493 e. The molecule has 8 heteroatoms. The van der Waals surface area contributed by atoms with Crippen molar-refractivity contribution < 1.29 is 14.3 Å². The van der Waals surface area contributed by atoms with Gasteiger partial charge in [0.05, 0.1) is 25.1 Å². The third-order valence-corrected chi connectivity index (χ3v) is 5.59. The molecule has 0 fully saturated rings. The topological polar surface area (TPSA) is 112 Å². The smallest absolute Gasteiger partial charge is 0.247 e. The van der Waals surface area contributed by atoms with E-state index >= 15 is 0 Å². The van der Waals surface area contributed by atoms with Gasteiger partial charge in [-0.15, -0.1) is 0 Å². The van der Waals surface area contributed by atoms with Crippen LogP contribution in [0.2, 0.25) is 0 Å². The summed E-state index contributed by atoms with van der Waals surface area (Å²) in [7, 11) is 1.57. The van der Waals surface area contributed by atoms with Crippen LogP contribution in [0.25, 0.3) is 0 Å². The number of nitrogens with one attached hydrogen (secondary N) is 3. The van der Waals surface area contributed by atoms with Gasteiger partial charge in [-0.05, 0) is 47.5 Å². The van der Waals surface area contributed by atoms with Gasteiger partial charge >= 0.3 is 0 Å². The molecule has 8 nitrogen and oxygen atoms in total. The minimum atomic E-state index is -0.697. The van der Waals surface area contributed by atoms with E-state index in [1.807, 2.05) is 42.5 Å². The number of amides is 1. The number of ether oxygens (including phenoxy) is 2. The number of nitriles is 1. The number of anilines is 1. The number of carbonyl (C=O) groups is 1. The third kappa shape index (κ3) is 6.42. The van der Waals surface area contributed by atoms with Crippen molar-refractivity contribution in [2.24, 2.45) is 0 Å².